The van der Waals surface area contributed by atoms with Gasteiger partial charge in [-0.05, 0) is 26.0 Å². The maximum absolute atomic E-state index is 11.4. The highest BCUT2D eigenvalue weighted by atomic mass is 16.2. The zero-order valence-corrected chi connectivity index (χ0v) is 9.68. The zero-order valence-electron chi connectivity index (χ0n) is 9.68. The number of carbonyl (C=O) groups is 2. The topological polar surface area (TPSA) is 62.3 Å². The molecule has 5 nitrogen and oxygen atoms in total. The first-order valence-electron chi connectivity index (χ1n) is 5.36. The number of aromatic nitrogens is 1. The molecule has 0 saturated carbocycles. The van der Waals surface area contributed by atoms with Crippen molar-refractivity contribution in [2.45, 2.75) is 19.9 Å². The average Bonchev–Trinajstić information content (AvgIpc) is 2.59. The van der Waals surface area contributed by atoms with E-state index in [-0.39, 0.29) is 17.9 Å². The molecule has 0 saturated heterocycles. The van der Waals surface area contributed by atoms with Crippen molar-refractivity contribution < 1.29 is 9.59 Å². The van der Waals surface area contributed by atoms with Crippen LogP contribution in [-0.4, -0.2) is 22.8 Å². The molecule has 0 aliphatic carbocycles. The summed E-state index contributed by atoms with van der Waals surface area (Å²) in [6.07, 6.45) is 4.01. The summed E-state index contributed by atoms with van der Waals surface area (Å²) < 4.78 is 0. The lowest BCUT2D eigenvalue weighted by molar-refractivity contribution is -0.119. The van der Waals surface area contributed by atoms with Crippen molar-refractivity contribution >= 4 is 23.3 Å². The van der Waals surface area contributed by atoms with E-state index >= 15 is 0 Å². The smallest absolute Gasteiger partial charge is 0.258 e. The van der Waals surface area contributed by atoms with Gasteiger partial charge in [-0.25, -0.2) is 9.88 Å². The summed E-state index contributed by atoms with van der Waals surface area (Å²) in [5.74, 6) is 0.0542. The Kier molecular flexibility index (Phi) is 2.91. The van der Waals surface area contributed by atoms with Gasteiger partial charge in [-0.2, -0.15) is 0 Å². The lowest BCUT2D eigenvalue weighted by Gasteiger charge is -2.14. The van der Waals surface area contributed by atoms with Crippen molar-refractivity contribution in [3.63, 3.8) is 0 Å². The van der Waals surface area contributed by atoms with E-state index in [1.54, 1.807) is 12.1 Å². The Morgan fingerprint density at radius 2 is 1.82 bits per heavy atom. The summed E-state index contributed by atoms with van der Waals surface area (Å²) in [7, 11) is 0. The Labute approximate surface area is 99.1 Å². The summed E-state index contributed by atoms with van der Waals surface area (Å²) in [5, 5.41) is 3.13. The summed E-state index contributed by atoms with van der Waals surface area (Å²) in [6.45, 7) is 4.01. The Balaban J connectivity index is 2.18. The molecule has 1 aliphatic rings. The fourth-order valence-corrected chi connectivity index (χ4v) is 1.55. The number of hydrogen-bond donors (Lipinski definition) is 1. The molecule has 1 aromatic heterocycles. The minimum absolute atomic E-state index is 0.282. The Bertz CT molecular complexity index is 459. The van der Waals surface area contributed by atoms with Crippen molar-refractivity contribution in [3.8, 4) is 0 Å². The molecule has 0 fully saturated rings. The highest BCUT2D eigenvalue weighted by molar-refractivity contribution is 6.28. The molecule has 0 bridgehead atoms. The van der Waals surface area contributed by atoms with Gasteiger partial charge < -0.3 is 5.32 Å². The van der Waals surface area contributed by atoms with Crippen LogP contribution in [0.15, 0.2) is 30.5 Å². The molecule has 2 heterocycles. The SMILES string of the molecule is CC(C)Nc1ccc(N2C(=O)C=CC2=O)cn1. The molecule has 17 heavy (non-hydrogen) atoms. The van der Waals surface area contributed by atoms with Crippen molar-refractivity contribution in [1.29, 1.82) is 0 Å². The van der Waals surface area contributed by atoms with Crippen molar-refractivity contribution in [1.82, 2.24) is 4.98 Å². The second-order valence-corrected chi connectivity index (χ2v) is 4.05. The molecule has 1 aliphatic heterocycles. The van der Waals surface area contributed by atoms with Crippen LogP contribution in [0.25, 0.3) is 0 Å². The molecular formula is C12H13N3O2. The van der Waals surface area contributed by atoms with Crippen LogP contribution in [-0.2, 0) is 9.59 Å². The number of nitrogens with one attached hydrogen (secondary N) is 1. The average molecular weight is 231 g/mol. The quantitative estimate of drug-likeness (QED) is 0.797. The van der Waals surface area contributed by atoms with Crippen LogP contribution in [0.2, 0.25) is 0 Å². The van der Waals surface area contributed by atoms with E-state index in [4.69, 9.17) is 0 Å². The molecule has 2 amide bonds. The molecule has 1 N–H and O–H groups in total. The second-order valence-electron chi connectivity index (χ2n) is 4.05. The first-order chi connectivity index (χ1) is 8.08. The van der Waals surface area contributed by atoms with Crippen LogP contribution < -0.4 is 10.2 Å². The maximum Gasteiger partial charge on any atom is 0.258 e. The van der Waals surface area contributed by atoms with Crippen LogP contribution >= 0.6 is 0 Å². The summed E-state index contributed by atoms with van der Waals surface area (Å²) >= 11 is 0. The maximum atomic E-state index is 11.4. The largest absolute Gasteiger partial charge is 0.368 e. The predicted molar refractivity (Wildman–Crippen MR) is 64.6 cm³/mol. The second kappa shape index (κ2) is 4.37. The van der Waals surface area contributed by atoms with Gasteiger partial charge in [-0.1, -0.05) is 0 Å². The lowest BCUT2D eigenvalue weighted by atomic mass is 10.3. The number of pyridine rings is 1. The van der Waals surface area contributed by atoms with Crippen LogP contribution in [0, 0.1) is 0 Å². The minimum atomic E-state index is -0.332. The van der Waals surface area contributed by atoms with Crippen molar-refractivity contribution in [2.75, 3.05) is 10.2 Å². The highest BCUT2D eigenvalue weighted by Crippen LogP contribution is 2.19. The van der Waals surface area contributed by atoms with Crippen molar-refractivity contribution in [2.24, 2.45) is 0 Å². The Morgan fingerprint density at radius 3 is 2.29 bits per heavy atom. The Morgan fingerprint density at radius 1 is 1.18 bits per heavy atom. The van der Waals surface area contributed by atoms with E-state index in [0.717, 1.165) is 10.7 Å². The first-order valence-corrected chi connectivity index (χ1v) is 5.36. The molecule has 0 radical (unpaired) electrons. The van der Waals surface area contributed by atoms with Crippen LogP contribution in [0.1, 0.15) is 13.8 Å². The van der Waals surface area contributed by atoms with Gasteiger partial charge in [0.2, 0.25) is 0 Å². The van der Waals surface area contributed by atoms with Gasteiger partial charge in [-0.3, -0.25) is 9.59 Å². The fraction of sp³-hybridized carbons (Fsp3) is 0.250. The van der Waals surface area contributed by atoms with E-state index in [0.29, 0.717) is 5.69 Å². The molecule has 1 aromatic rings. The van der Waals surface area contributed by atoms with E-state index in [1.807, 2.05) is 13.8 Å². The predicted octanol–water partition coefficient (Wildman–Crippen LogP) is 1.33. The molecule has 0 aromatic carbocycles. The number of carbonyl (C=O) groups excluding carboxylic acids is 2. The third-order valence-electron chi connectivity index (χ3n) is 2.25. The van der Waals surface area contributed by atoms with Crippen LogP contribution in [0.4, 0.5) is 11.5 Å². The summed E-state index contributed by atoms with van der Waals surface area (Å²) in [4.78, 5) is 28.1. The molecule has 0 atom stereocenters. The summed E-state index contributed by atoms with van der Waals surface area (Å²) in [6, 6.07) is 3.72. The van der Waals surface area contributed by atoms with Crippen LogP contribution in [0.3, 0.4) is 0 Å². The Hall–Kier alpha value is -2.17. The molecule has 2 rings (SSSR count). The van der Waals surface area contributed by atoms with E-state index in [2.05, 4.69) is 10.3 Å². The minimum Gasteiger partial charge on any atom is -0.368 e. The highest BCUT2D eigenvalue weighted by Gasteiger charge is 2.25. The normalized spacial score (nSPS) is 14.9. The van der Waals surface area contributed by atoms with E-state index < -0.39 is 0 Å². The standard InChI is InChI=1S/C12H13N3O2/c1-8(2)14-10-4-3-9(7-13-10)15-11(16)5-6-12(15)17/h3-8H,1-2H3,(H,13,14). The third-order valence-corrected chi connectivity index (χ3v) is 2.25. The van der Waals surface area contributed by atoms with E-state index in [1.165, 1.54) is 18.3 Å². The first kappa shape index (κ1) is 11.3. The molecule has 0 spiro atoms. The molecule has 0 unspecified atom stereocenters. The number of amides is 2. The monoisotopic (exact) mass is 231 g/mol. The number of imide groups is 1. The molecule has 5 heteroatoms. The third kappa shape index (κ3) is 2.33. The molecule has 88 valence electrons. The van der Waals surface area contributed by atoms with Crippen molar-refractivity contribution in [3.05, 3.63) is 30.5 Å². The zero-order chi connectivity index (χ0) is 12.4. The van der Waals surface area contributed by atoms with Gasteiger partial charge in [0, 0.05) is 18.2 Å². The van der Waals surface area contributed by atoms with Gasteiger partial charge >= 0.3 is 0 Å². The number of hydrogen-bond acceptors (Lipinski definition) is 4. The fourth-order valence-electron chi connectivity index (χ4n) is 1.55. The number of nitrogens with zero attached hydrogens (tertiary/aromatic N) is 2. The summed E-state index contributed by atoms with van der Waals surface area (Å²) in [5.41, 5.74) is 0.485. The van der Waals surface area contributed by atoms with Crippen LogP contribution in [0.5, 0.6) is 0 Å². The van der Waals surface area contributed by atoms with Gasteiger partial charge in [-0.15, -0.1) is 0 Å². The number of rotatable bonds is 3. The van der Waals surface area contributed by atoms with Gasteiger partial charge in [0.05, 0.1) is 11.9 Å². The van der Waals surface area contributed by atoms with E-state index in [9.17, 15) is 9.59 Å². The van der Waals surface area contributed by atoms with Gasteiger partial charge in [0.25, 0.3) is 11.8 Å². The van der Waals surface area contributed by atoms with Gasteiger partial charge in [0.15, 0.2) is 0 Å². The molecular weight excluding hydrogens is 218 g/mol. The number of anilines is 2. The van der Waals surface area contributed by atoms with Gasteiger partial charge in [0.1, 0.15) is 5.82 Å². The lowest BCUT2D eigenvalue weighted by Crippen LogP contribution is -2.29.